The van der Waals surface area contributed by atoms with E-state index in [1.165, 1.54) is 13.3 Å². The fraction of sp³-hybridized carbons (Fsp3) is 0.118. The number of hydrogen-bond acceptors (Lipinski definition) is 5. The lowest BCUT2D eigenvalue weighted by molar-refractivity contribution is -0.139. The first-order valence-electron chi connectivity index (χ1n) is 7.00. The molecular formula is C17H16N2O5. The number of ether oxygens (including phenoxy) is 2. The first kappa shape index (κ1) is 17.0. The Labute approximate surface area is 138 Å². The van der Waals surface area contributed by atoms with Gasteiger partial charge in [0.05, 0.1) is 13.3 Å². The molecule has 24 heavy (non-hydrogen) atoms. The maximum atomic E-state index is 12.0. The Kier molecular flexibility index (Phi) is 5.90. The monoisotopic (exact) mass is 328 g/mol. The van der Waals surface area contributed by atoms with Gasteiger partial charge in [-0.15, -0.1) is 0 Å². The van der Waals surface area contributed by atoms with E-state index in [9.17, 15) is 9.59 Å². The summed E-state index contributed by atoms with van der Waals surface area (Å²) in [5, 5.41) is 12.4. The van der Waals surface area contributed by atoms with Gasteiger partial charge in [0.15, 0.2) is 6.61 Å². The van der Waals surface area contributed by atoms with Crippen molar-refractivity contribution in [3.8, 4) is 11.5 Å². The number of carbonyl (C=O) groups is 2. The van der Waals surface area contributed by atoms with Gasteiger partial charge in [-0.25, -0.2) is 10.2 Å². The molecule has 0 fully saturated rings. The lowest BCUT2D eigenvalue weighted by Crippen LogP contribution is -2.17. The van der Waals surface area contributed by atoms with Crippen molar-refractivity contribution in [2.24, 2.45) is 5.10 Å². The van der Waals surface area contributed by atoms with Gasteiger partial charge in [-0.1, -0.05) is 6.07 Å². The second-order valence-corrected chi connectivity index (χ2v) is 4.68. The van der Waals surface area contributed by atoms with E-state index in [-0.39, 0.29) is 5.91 Å². The van der Waals surface area contributed by atoms with Gasteiger partial charge < -0.3 is 14.6 Å². The zero-order valence-corrected chi connectivity index (χ0v) is 12.9. The summed E-state index contributed by atoms with van der Waals surface area (Å²) in [5.41, 5.74) is 3.58. The van der Waals surface area contributed by atoms with Crippen LogP contribution in [-0.2, 0) is 4.79 Å². The molecule has 0 spiro atoms. The summed E-state index contributed by atoms with van der Waals surface area (Å²) in [5.74, 6) is -0.369. The molecule has 0 saturated carbocycles. The van der Waals surface area contributed by atoms with Crippen LogP contribution >= 0.6 is 0 Å². The van der Waals surface area contributed by atoms with Crippen LogP contribution in [0.25, 0.3) is 0 Å². The highest BCUT2D eigenvalue weighted by atomic mass is 16.5. The van der Waals surface area contributed by atoms with Crippen molar-refractivity contribution in [1.29, 1.82) is 0 Å². The van der Waals surface area contributed by atoms with E-state index in [4.69, 9.17) is 14.6 Å². The van der Waals surface area contributed by atoms with E-state index in [2.05, 4.69) is 10.5 Å². The minimum absolute atomic E-state index is 0.355. The van der Waals surface area contributed by atoms with Crippen molar-refractivity contribution >= 4 is 18.1 Å². The molecule has 7 heteroatoms. The van der Waals surface area contributed by atoms with Crippen LogP contribution in [0.1, 0.15) is 15.9 Å². The zero-order chi connectivity index (χ0) is 17.4. The van der Waals surface area contributed by atoms with Crippen LogP contribution in [0.2, 0.25) is 0 Å². The number of carboxylic acids is 1. The first-order chi connectivity index (χ1) is 11.6. The molecule has 0 heterocycles. The van der Waals surface area contributed by atoms with Crippen LogP contribution in [0, 0.1) is 0 Å². The third-order valence-electron chi connectivity index (χ3n) is 2.95. The summed E-state index contributed by atoms with van der Waals surface area (Å²) in [6.45, 7) is -0.399. The predicted octanol–water partition coefficient (Wildman–Crippen LogP) is 1.92. The van der Waals surface area contributed by atoms with Gasteiger partial charge in [-0.3, -0.25) is 4.79 Å². The molecule has 2 N–H and O–H groups in total. The van der Waals surface area contributed by atoms with Gasteiger partial charge in [-0.05, 0) is 48.0 Å². The Morgan fingerprint density at radius 1 is 1.17 bits per heavy atom. The molecule has 0 aliphatic heterocycles. The molecule has 2 rings (SSSR count). The van der Waals surface area contributed by atoms with Crippen LogP contribution in [0.15, 0.2) is 53.6 Å². The van der Waals surface area contributed by atoms with E-state index in [1.54, 1.807) is 48.5 Å². The number of rotatable bonds is 7. The van der Waals surface area contributed by atoms with Crippen LogP contribution in [-0.4, -0.2) is 36.9 Å². The summed E-state index contributed by atoms with van der Waals surface area (Å²) in [6, 6.07) is 13.3. The Bertz CT molecular complexity index is 741. The number of benzene rings is 2. The van der Waals surface area contributed by atoms with Crippen LogP contribution in [0.5, 0.6) is 11.5 Å². The van der Waals surface area contributed by atoms with Crippen molar-refractivity contribution < 1.29 is 24.2 Å². The molecule has 124 valence electrons. The Balaban J connectivity index is 1.91. The standard InChI is InChI=1S/C17H16N2O5/c1-23-15-4-2-3-13(9-15)17(22)19-18-10-12-5-7-14(8-6-12)24-11-16(20)21/h2-10H,11H2,1H3,(H,19,22)(H,20,21)/b18-10-. The fourth-order valence-electron chi connectivity index (χ4n) is 1.79. The van der Waals surface area contributed by atoms with Crippen molar-refractivity contribution in [1.82, 2.24) is 5.43 Å². The molecule has 0 radical (unpaired) electrons. The van der Waals surface area contributed by atoms with Gasteiger partial charge in [-0.2, -0.15) is 5.10 Å². The molecule has 2 aromatic carbocycles. The van der Waals surface area contributed by atoms with Crippen molar-refractivity contribution in [3.63, 3.8) is 0 Å². The zero-order valence-electron chi connectivity index (χ0n) is 12.9. The number of carboxylic acid groups (broad SMARTS) is 1. The fourth-order valence-corrected chi connectivity index (χ4v) is 1.79. The highest BCUT2D eigenvalue weighted by molar-refractivity contribution is 5.95. The van der Waals surface area contributed by atoms with Gasteiger partial charge in [0.25, 0.3) is 5.91 Å². The molecule has 0 aromatic heterocycles. The highest BCUT2D eigenvalue weighted by Crippen LogP contribution is 2.12. The molecule has 0 bridgehead atoms. The average Bonchev–Trinajstić information content (AvgIpc) is 2.61. The second-order valence-electron chi connectivity index (χ2n) is 4.68. The Hall–Kier alpha value is -3.35. The Morgan fingerprint density at radius 2 is 1.92 bits per heavy atom. The third-order valence-corrected chi connectivity index (χ3v) is 2.95. The van der Waals surface area contributed by atoms with Crippen LogP contribution < -0.4 is 14.9 Å². The van der Waals surface area contributed by atoms with E-state index < -0.39 is 12.6 Å². The summed E-state index contributed by atoms with van der Waals surface area (Å²) >= 11 is 0. The summed E-state index contributed by atoms with van der Waals surface area (Å²) in [4.78, 5) is 22.4. The SMILES string of the molecule is COc1cccc(C(=O)N/N=C\c2ccc(OCC(=O)O)cc2)c1. The molecule has 2 aromatic rings. The largest absolute Gasteiger partial charge is 0.497 e. The molecule has 7 nitrogen and oxygen atoms in total. The predicted molar refractivity (Wildman–Crippen MR) is 87.6 cm³/mol. The molecule has 0 unspecified atom stereocenters. The lowest BCUT2D eigenvalue weighted by atomic mass is 10.2. The summed E-state index contributed by atoms with van der Waals surface area (Å²) < 4.78 is 10.1. The second kappa shape index (κ2) is 8.33. The van der Waals surface area contributed by atoms with Crippen molar-refractivity contribution in [2.75, 3.05) is 13.7 Å². The molecular weight excluding hydrogens is 312 g/mol. The minimum atomic E-state index is -1.04. The number of nitrogens with zero attached hydrogens (tertiary/aromatic N) is 1. The number of nitrogens with one attached hydrogen (secondary N) is 1. The average molecular weight is 328 g/mol. The Morgan fingerprint density at radius 3 is 2.58 bits per heavy atom. The number of methoxy groups -OCH3 is 1. The van der Waals surface area contributed by atoms with E-state index in [0.717, 1.165) is 5.56 Å². The number of hydrazone groups is 1. The lowest BCUT2D eigenvalue weighted by Gasteiger charge is -2.03. The van der Waals surface area contributed by atoms with Crippen molar-refractivity contribution in [2.45, 2.75) is 0 Å². The topological polar surface area (TPSA) is 97.2 Å². The van der Waals surface area contributed by atoms with Crippen LogP contribution in [0.3, 0.4) is 0 Å². The molecule has 0 aliphatic rings. The maximum absolute atomic E-state index is 12.0. The highest BCUT2D eigenvalue weighted by Gasteiger charge is 2.05. The minimum Gasteiger partial charge on any atom is -0.497 e. The van der Waals surface area contributed by atoms with E-state index in [0.29, 0.717) is 17.1 Å². The summed E-state index contributed by atoms with van der Waals surface area (Å²) in [6.07, 6.45) is 1.47. The number of carbonyl (C=O) groups excluding carboxylic acids is 1. The van der Waals surface area contributed by atoms with Crippen molar-refractivity contribution in [3.05, 3.63) is 59.7 Å². The molecule has 1 amide bonds. The van der Waals surface area contributed by atoms with E-state index >= 15 is 0 Å². The van der Waals surface area contributed by atoms with Gasteiger partial charge in [0.2, 0.25) is 0 Å². The van der Waals surface area contributed by atoms with Gasteiger partial charge >= 0.3 is 5.97 Å². The van der Waals surface area contributed by atoms with Crippen LogP contribution in [0.4, 0.5) is 0 Å². The third kappa shape index (κ3) is 5.13. The smallest absolute Gasteiger partial charge is 0.341 e. The molecule has 0 atom stereocenters. The number of hydrogen-bond donors (Lipinski definition) is 2. The van der Waals surface area contributed by atoms with Gasteiger partial charge in [0.1, 0.15) is 11.5 Å². The number of aliphatic carboxylic acids is 1. The van der Waals surface area contributed by atoms with E-state index in [1.807, 2.05) is 0 Å². The number of amides is 1. The molecule has 0 saturated heterocycles. The summed E-state index contributed by atoms with van der Waals surface area (Å²) in [7, 11) is 1.53. The van der Waals surface area contributed by atoms with Gasteiger partial charge in [0, 0.05) is 5.56 Å². The first-order valence-corrected chi connectivity index (χ1v) is 7.00. The molecule has 0 aliphatic carbocycles. The normalized spacial score (nSPS) is 10.4. The maximum Gasteiger partial charge on any atom is 0.341 e. The quantitative estimate of drug-likeness (QED) is 0.598.